The van der Waals surface area contributed by atoms with Crippen LogP contribution in [0.25, 0.3) is 0 Å². The predicted molar refractivity (Wildman–Crippen MR) is 68.9 cm³/mol. The first-order valence-corrected chi connectivity index (χ1v) is 7.06. The molecule has 1 aliphatic rings. The highest BCUT2D eigenvalue weighted by molar-refractivity contribution is 4.86. The van der Waals surface area contributed by atoms with Crippen LogP contribution in [0, 0.1) is 29.6 Å². The van der Waals surface area contributed by atoms with E-state index in [0.29, 0.717) is 0 Å². The fourth-order valence-corrected chi connectivity index (χ4v) is 3.23. The minimum Gasteiger partial charge on any atom is -0.0654 e. The molecule has 0 aliphatic heterocycles. The quantitative estimate of drug-likeness (QED) is 0.570. The Balaban J connectivity index is 2.16. The third-order valence-corrected chi connectivity index (χ3v) is 4.84. The molecular weight excluding hydrogens is 180 g/mol. The van der Waals surface area contributed by atoms with Gasteiger partial charge in [0.25, 0.3) is 0 Å². The van der Waals surface area contributed by atoms with Crippen LogP contribution < -0.4 is 0 Å². The summed E-state index contributed by atoms with van der Waals surface area (Å²) in [6.45, 7) is 12.1. The lowest BCUT2D eigenvalue weighted by Gasteiger charge is -2.44. The van der Waals surface area contributed by atoms with Gasteiger partial charge in [0.15, 0.2) is 0 Å². The first-order chi connectivity index (χ1) is 7.06. The molecule has 0 nitrogen and oxygen atoms in total. The van der Waals surface area contributed by atoms with E-state index in [1.807, 2.05) is 0 Å². The van der Waals surface area contributed by atoms with Crippen LogP contribution in [0.4, 0.5) is 0 Å². The smallest absolute Gasteiger partial charge is 0.0358 e. The van der Waals surface area contributed by atoms with Crippen molar-refractivity contribution >= 4 is 0 Å². The van der Waals surface area contributed by atoms with Crippen LogP contribution in [0.1, 0.15) is 66.7 Å². The lowest BCUT2D eigenvalue weighted by Crippen LogP contribution is -2.36. The van der Waals surface area contributed by atoms with E-state index < -0.39 is 0 Å². The highest BCUT2D eigenvalue weighted by atomic mass is 14.4. The summed E-state index contributed by atoms with van der Waals surface area (Å²) < 4.78 is 0. The molecule has 0 aromatic heterocycles. The van der Waals surface area contributed by atoms with Crippen molar-refractivity contribution in [3.63, 3.8) is 0 Å². The van der Waals surface area contributed by atoms with Gasteiger partial charge >= 0.3 is 0 Å². The van der Waals surface area contributed by atoms with Crippen LogP contribution >= 0.6 is 0 Å². The maximum Gasteiger partial charge on any atom is -0.0358 e. The Morgan fingerprint density at radius 2 is 1.73 bits per heavy atom. The summed E-state index contributed by atoms with van der Waals surface area (Å²) in [5.74, 6) is 4.93. The van der Waals surface area contributed by atoms with Crippen molar-refractivity contribution in [2.45, 2.75) is 66.7 Å². The second-order valence-corrected chi connectivity index (χ2v) is 6.18. The Bertz CT molecular complexity index is 173. The monoisotopic (exact) mass is 210 g/mol. The molecule has 0 aromatic rings. The summed E-state index contributed by atoms with van der Waals surface area (Å²) in [5, 5.41) is 0. The Hall–Kier alpha value is 0. The van der Waals surface area contributed by atoms with E-state index in [1.54, 1.807) is 0 Å². The molecule has 0 N–H and O–H groups in total. The molecular formula is C15H30. The number of hydrogen-bond acceptors (Lipinski definition) is 0. The maximum atomic E-state index is 2.48. The average Bonchev–Trinajstić information content (AvgIpc) is 2.22. The Labute approximate surface area is 96.8 Å². The van der Waals surface area contributed by atoms with Gasteiger partial charge in [-0.3, -0.25) is 0 Å². The van der Waals surface area contributed by atoms with Crippen LogP contribution in [0.15, 0.2) is 0 Å². The highest BCUT2D eigenvalue weighted by Crippen LogP contribution is 2.45. The molecule has 1 saturated carbocycles. The topological polar surface area (TPSA) is 0 Å². The number of hydrogen-bond donors (Lipinski definition) is 0. The molecule has 0 heterocycles. The van der Waals surface area contributed by atoms with Crippen molar-refractivity contribution in [3.8, 4) is 0 Å². The van der Waals surface area contributed by atoms with Gasteiger partial charge in [-0.1, -0.05) is 60.3 Å². The molecule has 1 fully saturated rings. The predicted octanol–water partition coefficient (Wildman–Crippen LogP) is 5.13. The van der Waals surface area contributed by atoms with Gasteiger partial charge in [0.1, 0.15) is 0 Å². The Morgan fingerprint density at radius 1 is 1.07 bits per heavy atom. The van der Waals surface area contributed by atoms with Crippen molar-refractivity contribution in [1.82, 2.24) is 0 Å². The van der Waals surface area contributed by atoms with Gasteiger partial charge in [-0.05, 0) is 36.0 Å². The van der Waals surface area contributed by atoms with E-state index >= 15 is 0 Å². The number of rotatable bonds is 6. The summed E-state index contributed by atoms with van der Waals surface area (Å²) in [6, 6.07) is 0. The third kappa shape index (κ3) is 3.50. The van der Waals surface area contributed by atoms with Crippen LogP contribution in [-0.4, -0.2) is 0 Å². The van der Waals surface area contributed by atoms with Crippen LogP contribution in [-0.2, 0) is 0 Å². The molecule has 0 saturated heterocycles. The Kier molecular flexibility index (Phi) is 5.15. The zero-order valence-electron chi connectivity index (χ0n) is 11.4. The van der Waals surface area contributed by atoms with Crippen molar-refractivity contribution < 1.29 is 0 Å². The van der Waals surface area contributed by atoms with Crippen molar-refractivity contribution in [2.24, 2.45) is 29.6 Å². The van der Waals surface area contributed by atoms with Gasteiger partial charge in [-0.15, -0.1) is 0 Å². The first kappa shape index (κ1) is 13.1. The van der Waals surface area contributed by atoms with Crippen LogP contribution in [0.2, 0.25) is 0 Å². The molecule has 0 spiro atoms. The molecule has 0 bridgehead atoms. The van der Waals surface area contributed by atoms with Gasteiger partial charge in [0, 0.05) is 0 Å². The first-order valence-electron chi connectivity index (χ1n) is 7.06. The van der Waals surface area contributed by atoms with Gasteiger partial charge in [-0.2, -0.15) is 0 Å². The highest BCUT2D eigenvalue weighted by Gasteiger charge is 2.37. The largest absolute Gasteiger partial charge is 0.0654 e. The molecule has 1 rings (SSSR count). The van der Waals surface area contributed by atoms with Gasteiger partial charge in [0.2, 0.25) is 0 Å². The second kappa shape index (κ2) is 5.92. The minimum atomic E-state index is 0.949. The Morgan fingerprint density at radius 3 is 2.20 bits per heavy atom. The van der Waals surface area contributed by atoms with E-state index in [-0.39, 0.29) is 0 Å². The van der Waals surface area contributed by atoms with Crippen molar-refractivity contribution in [3.05, 3.63) is 0 Å². The molecule has 90 valence electrons. The fourth-order valence-electron chi connectivity index (χ4n) is 3.23. The summed E-state index contributed by atoms with van der Waals surface area (Å²) >= 11 is 0. The molecule has 15 heavy (non-hydrogen) atoms. The molecule has 0 radical (unpaired) electrons. The van der Waals surface area contributed by atoms with E-state index in [4.69, 9.17) is 0 Å². The summed E-state index contributed by atoms with van der Waals surface area (Å²) in [5.41, 5.74) is 0. The van der Waals surface area contributed by atoms with Crippen molar-refractivity contribution in [2.75, 3.05) is 0 Å². The molecule has 0 heteroatoms. The molecule has 5 unspecified atom stereocenters. The minimum absolute atomic E-state index is 0.949. The fraction of sp³-hybridized carbons (Fsp3) is 1.00. The molecule has 0 aromatic carbocycles. The van der Waals surface area contributed by atoms with E-state index in [0.717, 1.165) is 29.6 Å². The molecule has 0 amide bonds. The van der Waals surface area contributed by atoms with E-state index in [2.05, 4.69) is 34.6 Å². The van der Waals surface area contributed by atoms with Gasteiger partial charge in [0.05, 0.1) is 0 Å². The third-order valence-electron chi connectivity index (χ3n) is 4.84. The summed E-state index contributed by atoms with van der Waals surface area (Å²) in [7, 11) is 0. The van der Waals surface area contributed by atoms with Gasteiger partial charge < -0.3 is 0 Å². The summed E-state index contributed by atoms with van der Waals surface area (Å²) in [4.78, 5) is 0. The molecule has 5 atom stereocenters. The van der Waals surface area contributed by atoms with Crippen LogP contribution in [0.5, 0.6) is 0 Å². The maximum absolute atomic E-state index is 2.48. The van der Waals surface area contributed by atoms with Crippen LogP contribution in [0.3, 0.4) is 0 Å². The summed E-state index contributed by atoms with van der Waals surface area (Å²) in [6.07, 6.45) is 7.18. The average molecular weight is 210 g/mol. The lowest BCUT2D eigenvalue weighted by atomic mass is 9.61. The SMILES string of the molecule is CCCC(C)CCC(C)C1CC(C)C1C. The second-order valence-electron chi connectivity index (χ2n) is 6.18. The zero-order chi connectivity index (χ0) is 11.4. The zero-order valence-corrected chi connectivity index (χ0v) is 11.4. The molecule has 1 aliphatic carbocycles. The van der Waals surface area contributed by atoms with Gasteiger partial charge in [-0.25, -0.2) is 0 Å². The standard InChI is InChI=1S/C15H30/c1-6-7-11(2)8-9-12(3)15-10-13(4)14(15)5/h11-15H,6-10H2,1-5H3. The lowest BCUT2D eigenvalue weighted by molar-refractivity contribution is 0.0492. The normalized spacial score (nSPS) is 34.6. The van der Waals surface area contributed by atoms with E-state index in [9.17, 15) is 0 Å². The van der Waals surface area contributed by atoms with Crippen molar-refractivity contribution in [1.29, 1.82) is 0 Å². The van der Waals surface area contributed by atoms with E-state index in [1.165, 1.54) is 32.1 Å².